The summed E-state index contributed by atoms with van der Waals surface area (Å²) in [7, 11) is 1.33. The van der Waals surface area contributed by atoms with Crippen LogP contribution < -0.4 is 0 Å². The van der Waals surface area contributed by atoms with Crippen molar-refractivity contribution in [2.24, 2.45) is 5.92 Å². The van der Waals surface area contributed by atoms with Crippen LogP contribution in [-0.4, -0.2) is 66.2 Å². The van der Waals surface area contributed by atoms with E-state index < -0.39 is 0 Å². The number of piperidine rings is 1. The molecule has 0 spiro atoms. The number of likely N-dealkylation sites (tertiary alicyclic amines) is 1. The zero-order valence-corrected chi connectivity index (χ0v) is 18.7. The Balaban J connectivity index is 1.42. The van der Waals surface area contributed by atoms with Crippen molar-refractivity contribution in [3.8, 4) is 0 Å². The number of esters is 1. The summed E-state index contributed by atoms with van der Waals surface area (Å²) in [6.45, 7) is 3.14. The summed E-state index contributed by atoms with van der Waals surface area (Å²) in [6, 6.07) is 14.0. The van der Waals surface area contributed by atoms with Crippen LogP contribution in [0.2, 0.25) is 0 Å². The van der Waals surface area contributed by atoms with Crippen LogP contribution in [0.15, 0.2) is 48.5 Å². The molecular weight excluding hydrogens is 425 g/mol. The lowest BCUT2D eigenvalue weighted by Gasteiger charge is -2.31. The highest BCUT2D eigenvalue weighted by Gasteiger charge is 2.29. The number of fused-ring (bicyclic) bond motifs is 1. The molecule has 1 saturated heterocycles. The molecule has 3 aromatic rings. The Labute approximate surface area is 192 Å². The van der Waals surface area contributed by atoms with Gasteiger partial charge in [0.05, 0.1) is 24.8 Å². The summed E-state index contributed by atoms with van der Waals surface area (Å²) in [5.41, 5.74) is 2.59. The van der Waals surface area contributed by atoms with E-state index in [1.165, 1.54) is 19.2 Å². The molecule has 4 rings (SSSR count). The molecule has 0 radical (unpaired) electrons. The number of rotatable bonds is 9. The second kappa shape index (κ2) is 10.7. The van der Waals surface area contributed by atoms with Crippen molar-refractivity contribution in [1.82, 2.24) is 14.5 Å². The van der Waals surface area contributed by atoms with Crippen LogP contribution in [-0.2, 0) is 20.8 Å². The molecule has 174 valence electrons. The van der Waals surface area contributed by atoms with Gasteiger partial charge in [0, 0.05) is 19.0 Å². The van der Waals surface area contributed by atoms with E-state index in [1.54, 1.807) is 12.1 Å². The number of carbonyl (C=O) groups excluding carboxylic acids is 2. The molecule has 0 bridgehead atoms. The predicted octanol–water partition coefficient (Wildman–Crippen LogP) is 3.31. The van der Waals surface area contributed by atoms with Gasteiger partial charge in [-0.3, -0.25) is 4.79 Å². The van der Waals surface area contributed by atoms with Gasteiger partial charge in [0.15, 0.2) is 5.82 Å². The van der Waals surface area contributed by atoms with E-state index in [2.05, 4.69) is 14.6 Å². The Bertz CT molecular complexity index is 1100. The molecule has 0 N–H and O–H groups in total. The molecule has 0 saturated carbocycles. The second-order valence-electron chi connectivity index (χ2n) is 8.25. The molecule has 2 heterocycles. The topological polar surface area (TPSA) is 73.7 Å². The third-order valence-corrected chi connectivity index (χ3v) is 6.09. The predicted molar refractivity (Wildman–Crippen MR) is 122 cm³/mol. The number of para-hydroxylation sites is 2. The fourth-order valence-corrected chi connectivity index (χ4v) is 4.21. The van der Waals surface area contributed by atoms with Crippen LogP contribution in [0.4, 0.5) is 4.39 Å². The third kappa shape index (κ3) is 5.64. The van der Waals surface area contributed by atoms with E-state index in [-0.39, 0.29) is 30.1 Å². The molecule has 0 unspecified atom stereocenters. The van der Waals surface area contributed by atoms with E-state index in [1.807, 2.05) is 28.8 Å². The normalized spacial score (nSPS) is 15.1. The van der Waals surface area contributed by atoms with Gasteiger partial charge >= 0.3 is 5.97 Å². The number of Topliss-reactive ketones (excluding diaryl/α,β-unsaturated/α-hetero) is 1. The number of aromatic nitrogens is 2. The average Bonchev–Trinajstić information content (AvgIpc) is 3.21. The van der Waals surface area contributed by atoms with E-state index in [9.17, 15) is 14.0 Å². The number of methoxy groups -OCH3 is 1. The number of nitrogens with zero attached hydrogens (tertiary/aromatic N) is 3. The van der Waals surface area contributed by atoms with Gasteiger partial charge in [-0.1, -0.05) is 24.3 Å². The molecule has 0 aliphatic carbocycles. The highest BCUT2D eigenvalue weighted by molar-refractivity contribution is 5.98. The number of benzene rings is 2. The van der Waals surface area contributed by atoms with E-state index in [0.717, 1.165) is 42.5 Å². The van der Waals surface area contributed by atoms with Crippen molar-refractivity contribution in [3.63, 3.8) is 0 Å². The SMILES string of the molecule is COC(=O)COCCN1CCC(C(=O)c2nc3ccccc3n2Cc2ccc(F)cc2)CC1. The molecule has 7 nitrogen and oxygen atoms in total. The summed E-state index contributed by atoms with van der Waals surface area (Å²) in [4.78, 5) is 31.5. The first-order chi connectivity index (χ1) is 16.0. The second-order valence-corrected chi connectivity index (χ2v) is 8.25. The highest BCUT2D eigenvalue weighted by Crippen LogP contribution is 2.25. The van der Waals surface area contributed by atoms with Crippen LogP contribution in [0.1, 0.15) is 29.0 Å². The molecule has 1 aliphatic rings. The summed E-state index contributed by atoms with van der Waals surface area (Å²) in [5.74, 6) is -0.257. The van der Waals surface area contributed by atoms with Crippen LogP contribution in [0.5, 0.6) is 0 Å². The maximum atomic E-state index is 13.5. The van der Waals surface area contributed by atoms with Crippen LogP contribution in [0, 0.1) is 11.7 Å². The molecule has 0 amide bonds. The lowest BCUT2D eigenvalue weighted by Crippen LogP contribution is -2.38. The van der Waals surface area contributed by atoms with Crippen LogP contribution >= 0.6 is 0 Å². The van der Waals surface area contributed by atoms with Gasteiger partial charge in [-0.2, -0.15) is 0 Å². The van der Waals surface area contributed by atoms with Crippen molar-refractivity contribution in [1.29, 1.82) is 0 Å². The van der Waals surface area contributed by atoms with Gasteiger partial charge in [0.25, 0.3) is 0 Å². The number of ketones is 1. The molecular formula is C25H28FN3O4. The summed E-state index contributed by atoms with van der Waals surface area (Å²) >= 11 is 0. The summed E-state index contributed by atoms with van der Waals surface area (Å²) in [6.07, 6.45) is 1.49. The van der Waals surface area contributed by atoms with Gasteiger partial charge < -0.3 is 18.9 Å². The summed E-state index contributed by atoms with van der Waals surface area (Å²) < 4.78 is 25.2. The van der Waals surface area contributed by atoms with Crippen LogP contribution in [0.25, 0.3) is 11.0 Å². The first-order valence-corrected chi connectivity index (χ1v) is 11.2. The van der Waals surface area contributed by atoms with Crippen molar-refractivity contribution in [3.05, 3.63) is 65.7 Å². The number of carbonyl (C=O) groups is 2. The van der Waals surface area contributed by atoms with Gasteiger partial charge in [-0.15, -0.1) is 0 Å². The average molecular weight is 454 g/mol. The summed E-state index contributed by atoms with van der Waals surface area (Å²) in [5, 5.41) is 0. The van der Waals surface area contributed by atoms with E-state index in [0.29, 0.717) is 25.5 Å². The molecule has 8 heteroatoms. The zero-order valence-electron chi connectivity index (χ0n) is 18.7. The standard InChI is InChI=1S/C25H28FN3O4/c1-32-23(30)17-33-15-14-28-12-10-19(11-13-28)24(31)25-27-21-4-2-3-5-22(21)29(25)16-18-6-8-20(26)9-7-18/h2-9,19H,10-17H2,1H3. The van der Waals surface area contributed by atoms with Crippen molar-refractivity contribution in [2.75, 3.05) is 40.0 Å². The molecule has 2 aromatic carbocycles. The third-order valence-electron chi connectivity index (χ3n) is 6.09. The number of halogens is 1. The number of hydrogen-bond donors (Lipinski definition) is 0. The molecule has 33 heavy (non-hydrogen) atoms. The lowest BCUT2D eigenvalue weighted by molar-refractivity contribution is -0.146. The van der Waals surface area contributed by atoms with Crippen molar-refractivity contribution >= 4 is 22.8 Å². The van der Waals surface area contributed by atoms with Gasteiger partial charge in [-0.25, -0.2) is 14.2 Å². The van der Waals surface area contributed by atoms with Gasteiger partial charge in [0.2, 0.25) is 5.78 Å². The molecule has 1 aliphatic heterocycles. The van der Waals surface area contributed by atoms with Crippen molar-refractivity contribution < 1.29 is 23.5 Å². The number of ether oxygens (including phenoxy) is 2. The minimum absolute atomic E-state index is 0.0459. The Morgan fingerprint density at radius 1 is 1.09 bits per heavy atom. The first kappa shape index (κ1) is 23.1. The van der Waals surface area contributed by atoms with Gasteiger partial charge in [-0.05, 0) is 55.8 Å². The Morgan fingerprint density at radius 3 is 2.55 bits per heavy atom. The minimum Gasteiger partial charge on any atom is -0.467 e. The fourth-order valence-electron chi connectivity index (χ4n) is 4.21. The maximum Gasteiger partial charge on any atom is 0.331 e. The number of hydrogen-bond acceptors (Lipinski definition) is 6. The largest absolute Gasteiger partial charge is 0.467 e. The highest BCUT2D eigenvalue weighted by atomic mass is 19.1. The fraction of sp³-hybridized carbons (Fsp3) is 0.400. The first-order valence-electron chi connectivity index (χ1n) is 11.2. The smallest absolute Gasteiger partial charge is 0.331 e. The molecule has 0 atom stereocenters. The Kier molecular flexibility index (Phi) is 7.47. The van der Waals surface area contributed by atoms with E-state index >= 15 is 0 Å². The quantitative estimate of drug-likeness (QED) is 0.281. The van der Waals surface area contributed by atoms with Crippen LogP contribution in [0.3, 0.4) is 0 Å². The number of imidazole rings is 1. The van der Waals surface area contributed by atoms with Gasteiger partial charge in [0.1, 0.15) is 12.4 Å². The lowest BCUT2D eigenvalue weighted by atomic mass is 9.92. The van der Waals surface area contributed by atoms with E-state index in [4.69, 9.17) is 4.74 Å². The minimum atomic E-state index is -0.386. The zero-order chi connectivity index (χ0) is 23.2. The Morgan fingerprint density at radius 2 is 1.82 bits per heavy atom. The maximum absolute atomic E-state index is 13.5. The molecule has 1 fully saturated rings. The van der Waals surface area contributed by atoms with Crippen molar-refractivity contribution in [2.45, 2.75) is 19.4 Å². The monoisotopic (exact) mass is 453 g/mol. The Hall–Kier alpha value is -3.10. The molecule has 1 aromatic heterocycles.